The maximum absolute atomic E-state index is 10.9. The van der Waals surface area contributed by atoms with Crippen LogP contribution in [0.3, 0.4) is 0 Å². The van der Waals surface area contributed by atoms with Gasteiger partial charge in [-0.3, -0.25) is 10.1 Å². The molecule has 0 aliphatic heterocycles. The van der Waals surface area contributed by atoms with Gasteiger partial charge < -0.3 is 4.79 Å². The van der Waals surface area contributed by atoms with Crippen LogP contribution in [-0.4, -0.2) is 16.2 Å². The van der Waals surface area contributed by atoms with E-state index in [4.69, 9.17) is 0 Å². The van der Waals surface area contributed by atoms with Crippen molar-refractivity contribution in [1.82, 2.24) is 0 Å². The highest BCUT2D eigenvalue weighted by Crippen LogP contribution is 2.36. The van der Waals surface area contributed by atoms with E-state index in [0.717, 1.165) is 0 Å². The molecule has 0 rings (SSSR count). The van der Waals surface area contributed by atoms with Crippen LogP contribution in [0.4, 0.5) is 0 Å². The van der Waals surface area contributed by atoms with E-state index in [1.54, 1.807) is 27.7 Å². The molecule has 0 radical (unpaired) electrons. The van der Waals surface area contributed by atoms with Crippen molar-refractivity contribution in [3.8, 4) is 0 Å². The van der Waals surface area contributed by atoms with E-state index in [1.807, 2.05) is 0 Å². The van der Waals surface area contributed by atoms with Gasteiger partial charge in [-0.25, -0.2) is 0 Å². The zero-order chi connectivity index (χ0) is 10.9. The van der Waals surface area contributed by atoms with Gasteiger partial charge in [-0.2, -0.15) is 0 Å². The zero-order valence-corrected chi connectivity index (χ0v) is 8.88. The van der Waals surface area contributed by atoms with Crippen molar-refractivity contribution < 1.29 is 9.72 Å². The summed E-state index contributed by atoms with van der Waals surface area (Å²) in [5.41, 5.74) is -1.68. The van der Waals surface area contributed by atoms with Crippen molar-refractivity contribution in [2.75, 3.05) is 0 Å². The summed E-state index contributed by atoms with van der Waals surface area (Å²) in [5, 5.41) is 10.7. The molecule has 0 saturated carbocycles. The summed E-state index contributed by atoms with van der Waals surface area (Å²) < 4.78 is 0. The van der Waals surface area contributed by atoms with Crippen molar-refractivity contribution in [2.24, 2.45) is 5.41 Å². The second-order valence-electron chi connectivity index (χ2n) is 4.58. The van der Waals surface area contributed by atoms with Gasteiger partial charge in [-0.05, 0) is 6.92 Å². The fourth-order valence-electron chi connectivity index (χ4n) is 1.09. The Morgan fingerprint density at radius 1 is 1.31 bits per heavy atom. The number of hydrogen-bond acceptors (Lipinski definition) is 3. The second kappa shape index (κ2) is 3.44. The number of carbonyl (C=O) groups excluding carboxylic acids is 1. The molecule has 0 saturated heterocycles. The lowest BCUT2D eigenvalue weighted by Crippen LogP contribution is -2.46. The first-order valence-electron chi connectivity index (χ1n) is 4.25. The fourth-order valence-corrected chi connectivity index (χ4v) is 1.09. The minimum atomic E-state index is -1.07. The molecule has 4 nitrogen and oxygen atoms in total. The highest BCUT2D eigenvalue weighted by atomic mass is 16.6. The second-order valence-corrected chi connectivity index (χ2v) is 4.58. The van der Waals surface area contributed by atoms with E-state index in [9.17, 15) is 14.9 Å². The van der Waals surface area contributed by atoms with Gasteiger partial charge >= 0.3 is 0 Å². The Labute approximate surface area is 78.5 Å². The average Bonchev–Trinajstić information content (AvgIpc) is 1.83. The Kier molecular flexibility index (Phi) is 3.19. The van der Waals surface area contributed by atoms with Crippen LogP contribution in [0.15, 0.2) is 0 Å². The van der Waals surface area contributed by atoms with E-state index in [1.165, 1.54) is 6.92 Å². The first-order valence-corrected chi connectivity index (χ1v) is 4.25. The maximum atomic E-state index is 10.9. The molecule has 0 heterocycles. The molecule has 0 fully saturated rings. The zero-order valence-electron chi connectivity index (χ0n) is 8.88. The normalized spacial score (nSPS) is 12.7. The third-order valence-electron chi connectivity index (χ3n) is 2.80. The Morgan fingerprint density at radius 3 is 1.92 bits per heavy atom. The number of rotatable bonds is 4. The van der Waals surface area contributed by atoms with Gasteiger partial charge in [0.2, 0.25) is 5.54 Å². The van der Waals surface area contributed by atoms with Crippen LogP contribution in [0.25, 0.3) is 0 Å². The molecule has 76 valence electrons. The Bertz CT molecular complexity index is 231. The minimum Gasteiger partial charge on any atom is -0.300 e. The van der Waals surface area contributed by atoms with Crippen LogP contribution in [-0.2, 0) is 4.79 Å². The predicted molar refractivity (Wildman–Crippen MR) is 50.2 cm³/mol. The van der Waals surface area contributed by atoms with Crippen molar-refractivity contribution >= 4 is 5.78 Å². The van der Waals surface area contributed by atoms with Crippen LogP contribution >= 0.6 is 0 Å². The summed E-state index contributed by atoms with van der Waals surface area (Å²) in [6.07, 6.45) is 0.237. The average molecular weight is 187 g/mol. The maximum Gasteiger partial charge on any atom is 0.222 e. The molecule has 4 heteroatoms. The molecule has 13 heavy (non-hydrogen) atoms. The number of hydrogen-bond donors (Lipinski definition) is 0. The van der Waals surface area contributed by atoms with Crippen LogP contribution in [0.1, 0.15) is 41.0 Å². The topological polar surface area (TPSA) is 60.2 Å². The molecule has 0 aliphatic rings. The van der Waals surface area contributed by atoms with Crippen molar-refractivity contribution in [3.05, 3.63) is 10.1 Å². The van der Waals surface area contributed by atoms with Crippen molar-refractivity contribution in [1.29, 1.82) is 0 Å². The van der Waals surface area contributed by atoms with E-state index in [0.29, 0.717) is 0 Å². The molecular formula is C9H17NO3. The summed E-state index contributed by atoms with van der Waals surface area (Å²) in [5.74, 6) is -0.0140. The van der Waals surface area contributed by atoms with Gasteiger partial charge in [0.1, 0.15) is 5.78 Å². The predicted octanol–water partition coefficient (Wildman–Crippen LogP) is 2.05. The van der Waals surface area contributed by atoms with Gasteiger partial charge in [-0.15, -0.1) is 0 Å². The van der Waals surface area contributed by atoms with Crippen LogP contribution < -0.4 is 0 Å². The standard InChI is InChI=1S/C9H17NO3/c1-7(11)6-8(2,3)9(4,5)10(12)13/h6H2,1-5H3. The van der Waals surface area contributed by atoms with Gasteiger partial charge in [0.15, 0.2) is 0 Å². The lowest BCUT2D eigenvalue weighted by molar-refractivity contribution is -0.580. The summed E-state index contributed by atoms with van der Waals surface area (Å²) >= 11 is 0. The van der Waals surface area contributed by atoms with Crippen LogP contribution in [0, 0.1) is 15.5 Å². The Hall–Kier alpha value is -0.930. The quantitative estimate of drug-likeness (QED) is 0.500. The molecule has 0 spiro atoms. The first-order chi connectivity index (χ1) is 5.61. The third-order valence-corrected chi connectivity index (χ3v) is 2.80. The molecule has 0 aromatic heterocycles. The molecular weight excluding hydrogens is 170 g/mol. The SMILES string of the molecule is CC(=O)CC(C)(C)C(C)(C)[N+](=O)[O-]. The lowest BCUT2D eigenvalue weighted by atomic mass is 9.72. The molecule has 0 aromatic carbocycles. The summed E-state index contributed by atoms with van der Waals surface area (Å²) in [6, 6.07) is 0. The number of Topliss-reactive ketones (excluding diaryl/α,β-unsaturated/α-hetero) is 1. The smallest absolute Gasteiger partial charge is 0.222 e. The van der Waals surface area contributed by atoms with Crippen molar-refractivity contribution in [2.45, 2.75) is 46.6 Å². The number of nitrogens with zero attached hydrogens (tertiary/aromatic N) is 1. The van der Waals surface area contributed by atoms with Crippen molar-refractivity contribution in [3.63, 3.8) is 0 Å². The Balaban J connectivity index is 4.80. The Morgan fingerprint density at radius 2 is 1.69 bits per heavy atom. The molecule has 0 atom stereocenters. The number of ketones is 1. The van der Waals surface area contributed by atoms with Gasteiger partial charge in [0, 0.05) is 30.6 Å². The molecule has 0 amide bonds. The van der Waals surface area contributed by atoms with E-state index >= 15 is 0 Å². The third kappa shape index (κ3) is 2.50. The van der Waals surface area contributed by atoms with Crippen LogP contribution in [0.5, 0.6) is 0 Å². The highest BCUT2D eigenvalue weighted by molar-refractivity contribution is 5.76. The highest BCUT2D eigenvalue weighted by Gasteiger charge is 2.47. The molecule has 0 bridgehead atoms. The summed E-state index contributed by atoms with van der Waals surface area (Å²) in [7, 11) is 0. The monoisotopic (exact) mass is 187 g/mol. The molecule has 0 aromatic rings. The fraction of sp³-hybridized carbons (Fsp3) is 0.889. The number of nitro groups is 1. The largest absolute Gasteiger partial charge is 0.300 e. The first kappa shape index (κ1) is 12.1. The van der Waals surface area contributed by atoms with Gasteiger partial charge in [0.05, 0.1) is 0 Å². The minimum absolute atomic E-state index is 0.0140. The lowest BCUT2D eigenvalue weighted by Gasteiger charge is -2.33. The summed E-state index contributed by atoms with van der Waals surface area (Å²) in [4.78, 5) is 21.3. The van der Waals surface area contributed by atoms with Gasteiger partial charge in [0.25, 0.3) is 0 Å². The molecule has 0 aliphatic carbocycles. The van der Waals surface area contributed by atoms with E-state index < -0.39 is 11.0 Å². The van der Waals surface area contributed by atoms with E-state index in [-0.39, 0.29) is 17.1 Å². The molecule has 0 N–H and O–H groups in total. The summed E-state index contributed by atoms with van der Waals surface area (Å²) in [6.45, 7) is 8.05. The van der Waals surface area contributed by atoms with E-state index in [2.05, 4.69) is 0 Å². The molecule has 0 unspecified atom stereocenters. The van der Waals surface area contributed by atoms with Gasteiger partial charge in [-0.1, -0.05) is 13.8 Å². The number of carbonyl (C=O) groups is 1. The van der Waals surface area contributed by atoms with Crippen LogP contribution in [0.2, 0.25) is 0 Å².